The molecule has 20 heavy (non-hydrogen) atoms. The number of thioether (sulfide) groups is 1. The molecule has 0 amide bonds. The van der Waals surface area contributed by atoms with Crippen LogP contribution in [-0.2, 0) is 0 Å². The maximum Gasteiger partial charge on any atom is 0.194 e. The third-order valence-corrected chi connectivity index (χ3v) is 4.62. The molecule has 0 bridgehead atoms. The molecule has 0 unspecified atom stereocenters. The molecule has 0 fully saturated rings. The quantitative estimate of drug-likeness (QED) is 0.466. The van der Waals surface area contributed by atoms with E-state index in [-0.39, 0.29) is 5.78 Å². The van der Waals surface area contributed by atoms with Crippen molar-refractivity contribution >= 4 is 28.3 Å². The average molecular weight is 276 g/mol. The van der Waals surface area contributed by atoms with Crippen LogP contribution in [0.25, 0.3) is 21.9 Å². The van der Waals surface area contributed by atoms with Crippen molar-refractivity contribution in [2.24, 2.45) is 0 Å². The van der Waals surface area contributed by atoms with Gasteiger partial charge in [-0.25, -0.2) is 0 Å². The standard InChI is InChI=1S/C18H12OS/c1-20-13-6-7-14-16(10-13)15-8-11-4-2-3-5-12(11)9-17(15)18(14)19/h2-10H,1H3. The molecular formula is C18H12OS. The number of rotatable bonds is 1. The molecule has 0 N–H and O–H groups in total. The third-order valence-electron chi connectivity index (χ3n) is 3.89. The van der Waals surface area contributed by atoms with Gasteiger partial charge in [-0.3, -0.25) is 4.79 Å². The van der Waals surface area contributed by atoms with Crippen LogP contribution in [0.1, 0.15) is 15.9 Å². The predicted octanol–water partition coefficient (Wildman–Crippen LogP) is 4.77. The monoisotopic (exact) mass is 276 g/mol. The summed E-state index contributed by atoms with van der Waals surface area (Å²) in [6.45, 7) is 0. The Morgan fingerprint density at radius 2 is 1.40 bits per heavy atom. The minimum atomic E-state index is 0.147. The average Bonchev–Trinajstić information content (AvgIpc) is 2.77. The number of ketones is 1. The summed E-state index contributed by atoms with van der Waals surface area (Å²) in [6, 6.07) is 18.4. The Hall–Kier alpha value is -2.06. The van der Waals surface area contributed by atoms with Crippen molar-refractivity contribution in [2.75, 3.05) is 6.26 Å². The summed E-state index contributed by atoms with van der Waals surface area (Å²) >= 11 is 1.70. The largest absolute Gasteiger partial charge is 0.289 e. The number of hydrogen-bond acceptors (Lipinski definition) is 2. The Labute approximate surface area is 121 Å². The first kappa shape index (κ1) is 11.7. The summed E-state index contributed by atoms with van der Waals surface area (Å²) < 4.78 is 0. The Balaban J connectivity index is 2.06. The second kappa shape index (κ2) is 4.22. The lowest BCUT2D eigenvalue weighted by Gasteiger charge is -2.04. The van der Waals surface area contributed by atoms with Gasteiger partial charge in [-0.1, -0.05) is 24.3 Å². The normalized spacial score (nSPS) is 12.6. The molecule has 3 aromatic carbocycles. The summed E-state index contributed by atoms with van der Waals surface area (Å²) in [5, 5.41) is 2.30. The molecule has 4 rings (SSSR count). The smallest absolute Gasteiger partial charge is 0.194 e. The van der Waals surface area contributed by atoms with E-state index in [4.69, 9.17) is 0 Å². The molecule has 0 heterocycles. The summed E-state index contributed by atoms with van der Waals surface area (Å²) in [6.07, 6.45) is 2.06. The molecule has 0 spiro atoms. The molecule has 1 aliphatic rings. The lowest BCUT2D eigenvalue weighted by Crippen LogP contribution is -1.94. The molecule has 0 saturated carbocycles. The van der Waals surface area contributed by atoms with Crippen LogP contribution in [0.3, 0.4) is 0 Å². The van der Waals surface area contributed by atoms with Crippen LogP contribution in [0.4, 0.5) is 0 Å². The first-order valence-electron chi connectivity index (χ1n) is 6.54. The Morgan fingerprint density at radius 3 is 2.10 bits per heavy atom. The van der Waals surface area contributed by atoms with Gasteiger partial charge in [0, 0.05) is 16.0 Å². The van der Waals surface area contributed by atoms with E-state index in [1.54, 1.807) is 11.8 Å². The predicted molar refractivity (Wildman–Crippen MR) is 84.6 cm³/mol. The highest BCUT2D eigenvalue weighted by Crippen LogP contribution is 2.40. The van der Waals surface area contributed by atoms with Crippen LogP contribution in [0.2, 0.25) is 0 Å². The summed E-state index contributed by atoms with van der Waals surface area (Å²) in [7, 11) is 0. The van der Waals surface area contributed by atoms with Crippen LogP contribution in [-0.4, -0.2) is 12.0 Å². The van der Waals surface area contributed by atoms with Gasteiger partial charge in [0.25, 0.3) is 0 Å². The molecule has 0 aromatic heterocycles. The first-order valence-corrected chi connectivity index (χ1v) is 7.76. The number of hydrogen-bond donors (Lipinski definition) is 0. The highest BCUT2D eigenvalue weighted by Gasteiger charge is 2.27. The van der Waals surface area contributed by atoms with Gasteiger partial charge < -0.3 is 0 Å². The van der Waals surface area contributed by atoms with E-state index in [2.05, 4.69) is 30.5 Å². The van der Waals surface area contributed by atoms with Crippen molar-refractivity contribution < 1.29 is 4.79 Å². The first-order chi connectivity index (χ1) is 9.78. The van der Waals surface area contributed by atoms with Gasteiger partial charge in [0.15, 0.2) is 5.78 Å². The molecule has 3 aromatic rings. The van der Waals surface area contributed by atoms with Crippen molar-refractivity contribution in [2.45, 2.75) is 4.90 Å². The van der Waals surface area contributed by atoms with Crippen LogP contribution in [0, 0.1) is 0 Å². The fourth-order valence-corrected chi connectivity index (χ4v) is 3.31. The Kier molecular flexibility index (Phi) is 2.48. The maximum absolute atomic E-state index is 12.5. The second-order valence-corrected chi connectivity index (χ2v) is 5.87. The van der Waals surface area contributed by atoms with Gasteiger partial charge >= 0.3 is 0 Å². The third kappa shape index (κ3) is 1.55. The Bertz CT molecular complexity index is 864. The molecule has 0 aliphatic heterocycles. The summed E-state index contributed by atoms with van der Waals surface area (Å²) in [4.78, 5) is 13.7. The van der Waals surface area contributed by atoms with Crippen LogP contribution in [0.15, 0.2) is 59.5 Å². The fraction of sp³-hybridized carbons (Fsp3) is 0.0556. The molecule has 2 heteroatoms. The van der Waals surface area contributed by atoms with Crippen molar-refractivity contribution in [1.82, 2.24) is 0 Å². The van der Waals surface area contributed by atoms with E-state index >= 15 is 0 Å². The molecule has 1 nitrogen and oxygen atoms in total. The van der Waals surface area contributed by atoms with Crippen molar-refractivity contribution in [3.63, 3.8) is 0 Å². The van der Waals surface area contributed by atoms with E-state index in [0.29, 0.717) is 0 Å². The zero-order valence-electron chi connectivity index (χ0n) is 11.0. The highest BCUT2D eigenvalue weighted by molar-refractivity contribution is 7.98. The summed E-state index contributed by atoms with van der Waals surface area (Å²) in [5.41, 5.74) is 3.80. The van der Waals surface area contributed by atoms with E-state index in [9.17, 15) is 4.79 Å². The van der Waals surface area contributed by atoms with E-state index < -0.39 is 0 Å². The highest BCUT2D eigenvalue weighted by atomic mass is 32.2. The topological polar surface area (TPSA) is 17.1 Å². The molecule has 96 valence electrons. The zero-order valence-corrected chi connectivity index (χ0v) is 11.8. The van der Waals surface area contributed by atoms with Crippen LogP contribution < -0.4 is 0 Å². The number of benzene rings is 3. The zero-order chi connectivity index (χ0) is 13.7. The van der Waals surface area contributed by atoms with Gasteiger partial charge in [0.1, 0.15) is 0 Å². The van der Waals surface area contributed by atoms with E-state index in [0.717, 1.165) is 27.6 Å². The minimum absolute atomic E-state index is 0.147. The number of carbonyl (C=O) groups excluding carboxylic acids is 1. The number of fused-ring (bicyclic) bond motifs is 4. The van der Waals surface area contributed by atoms with Gasteiger partial charge in [-0.05, 0) is 58.5 Å². The molecule has 0 atom stereocenters. The van der Waals surface area contributed by atoms with E-state index in [1.165, 1.54) is 10.3 Å². The minimum Gasteiger partial charge on any atom is -0.289 e. The second-order valence-electron chi connectivity index (χ2n) is 4.99. The molecule has 0 radical (unpaired) electrons. The SMILES string of the molecule is CSc1ccc2c(c1)-c1cc3ccccc3cc1C2=O. The number of carbonyl (C=O) groups is 1. The van der Waals surface area contributed by atoms with Crippen molar-refractivity contribution in [1.29, 1.82) is 0 Å². The van der Waals surface area contributed by atoms with E-state index in [1.807, 2.05) is 30.3 Å². The van der Waals surface area contributed by atoms with Crippen molar-refractivity contribution in [3.05, 3.63) is 65.7 Å². The van der Waals surface area contributed by atoms with Gasteiger partial charge in [0.05, 0.1) is 0 Å². The van der Waals surface area contributed by atoms with Gasteiger partial charge in [-0.15, -0.1) is 11.8 Å². The van der Waals surface area contributed by atoms with Gasteiger partial charge in [0.2, 0.25) is 0 Å². The maximum atomic E-state index is 12.5. The van der Waals surface area contributed by atoms with Crippen LogP contribution in [0.5, 0.6) is 0 Å². The lowest BCUT2D eigenvalue weighted by atomic mass is 10.0. The molecular weight excluding hydrogens is 264 g/mol. The van der Waals surface area contributed by atoms with Gasteiger partial charge in [-0.2, -0.15) is 0 Å². The molecule has 0 saturated heterocycles. The lowest BCUT2D eigenvalue weighted by molar-refractivity contribution is 0.104. The Morgan fingerprint density at radius 1 is 0.750 bits per heavy atom. The fourth-order valence-electron chi connectivity index (χ4n) is 2.87. The van der Waals surface area contributed by atoms with Crippen molar-refractivity contribution in [3.8, 4) is 11.1 Å². The molecule has 1 aliphatic carbocycles. The van der Waals surface area contributed by atoms with Crippen LogP contribution >= 0.6 is 11.8 Å². The summed E-state index contributed by atoms with van der Waals surface area (Å²) in [5.74, 6) is 0.147.